The molecule has 0 saturated carbocycles. The number of aromatic nitrogens is 2. The molecule has 45 heavy (non-hydrogen) atoms. The topological polar surface area (TPSA) is 122 Å². The normalized spacial score (nSPS) is 19.3. The number of likely N-dealkylation sites (tertiary alicyclic amines) is 1. The Morgan fingerprint density at radius 3 is 2.42 bits per heavy atom. The van der Waals surface area contributed by atoms with Crippen molar-refractivity contribution in [1.29, 1.82) is 0 Å². The van der Waals surface area contributed by atoms with Crippen molar-refractivity contribution in [2.75, 3.05) is 11.3 Å². The fraction of sp³-hybridized carbons (Fsp3) is 0.500. The minimum Gasteiger partial charge on any atom is -0.444 e. The first-order valence-corrected chi connectivity index (χ1v) is 17.3. The van der Waals surface area contributed by atoms with Gasteiger partial charge in [-0.3, -0.25) is 0 Å². The molecule has 3 aromatic rings. The predicted molar refractivity (Wildman–Crippen MR) is 178 cm³/mol. The van der Waals surface area contributed by atoms with Gasteiger partial charge in [-0.1, -0.05) is 55.8 Å². The number of aliphatic hydroxyl groups excluding tert-OH is 1. The molecule has 11 heteroatoms. The lowest BCUT2D eigenvalue weighted by Gasteiger charge is -2.35. The van der Waals surface area contributed by atoms with E-state index >= 15 is 0 Å². The van der Waals surface area contributed by atoms with Gasteiger partial charge >= 0.3 is 6.09 Å². The number of benzene rings is 2. The minimum absolute atomic E-state index is 0.0317. The van der Waals surface area contributed by atoms with Crippen LogP contribution in [0.5, 0.6) is 0 Å². The summed E-state index contributed by atoms with van der Waals surface area (Å²) in [6, 6.07) is 13.9. The van der Waals surface area contributed by atoms with Crippen LogP contribution in [0.25, 0.3) is 11.3 Å². The third-order valence-corrected chi connectivity index (χ3v) is 9.45. The molecule has 1 fully saturated rings. The number of nitrogens with one attached hydrogen (secondary N) is 1. The van der Waals surface area contributed by atoms with Gasteiger partial charge < -0.3 is 14.7 Å². The van der Waals surface area contributed by atoms with Gasteiger partial charge in [0.15, 0.2) is 0 Å². The molecule has 1 saturated heterocycles. The number of halogens is 1. The van der Waals surface area contributed by atoms with Gasteiger partial charge in [0.25, 0.3) is 10.0 Å². The van der Waals surface area contributed by atoms with Crippen LogP contribution < -0.4 is 4.72 Å². The zero-order valence-corrected chi connectivity index (χ0v) is 28.7. The Hall–Kier alpha value is -3.21. The van der Waals surface area contributed by atoms with Crippen molar-refractivity contribution >= 4 is 33.7 Å². The first-order valence-electron chi connectivity index (χ1n) is 15.4. The summed E-state index contributed by atoms with van der Waals surface area (Å²) >= 11 is 6.30. The predicted octanol–water partition coefficient (Wildman–Crippen LogP) is 7.18. The molecule has 0 spiro atoms. The molecule has 2 aromatic carbocycles. The number of amides is 1. The number of anilines is 1. The number of aryl methyl sites for hydroxylation is 2. The number of hydrogen-bond donors (Lipinski definition) is 2. The van der Waals surface area contributed by atoms with Gasteiger partial charge in [0.2, 0.25) is 5.95 Å². The smallest absolute Gasteiger partial charge is 0.410 e. The molecule has 0 radical (unpaired) electrons. The second kappa shape index (κ2) is 14.1. The summed E-state index contributed by atoms with van der Waals surface area (Å²) in [6.07, 6.45) is 1.19. The van der Waals surface area contributed by atoms with Crippen molar-refractivity contribution in [1.82, 2.24) is 14.9 Å². The third-order valence-electron chi connectivity index (χ3n) is 7.93. The fourth-order valence-corrected chi connectivity index (χ4v) is 7.17. The highest BCUT2D eigenvalue weighted by Gasteiger charge is 2.37. The molecular formula is C34H45ClN4O5S. The maximum atomic E-state index is 13.5. The zero-order valence-electron chi connectivity index (χ0n) is 27.2. The van der Waals surface area contributed by atoms with Crippen LogP contribution in [-0.2, 0) is 21.2 Å². The quantitative estimate of drug-likeness (QED) is 0.246. The molecule has 2 heterocycles. The van der Waals surface area contributed by atoms with Crippen LogP contribution in [0.15, 0.2) is 53.4 Å². The van der Waals surface area contributed by atoms with Gasteiger partial charge in [-0.05, 0) is 101 Å². The van der Waals surface area contributed by atoms with Crippen LogP contribution in [0.3, 0.4) is 0 Å². The van der Waals surface area contributed by atoms with Gasteiger partial charge in [0, 0.05) is 18.2 Å². The Morgan fingerprint density at radius 1 is 1.11 bits per heavy atom. The highest BCUT2D eigenvalue weighted by molar-refractivity contribution is 7.92. The summed E-state index contributed by atoms with van der Waals surface area (Å²) in [5, 5.41) is 11.4. The number of sulfonamides is 1. The van der Waals surface area contributed by atoms with E-state index in [2.05, 4.69) is 28.5 Å². The van der Waals surface area contributed by atoms with Crippen LogP contribution >= 0.6 is 11.6 Å². The van der Waals surface area contributed by atoms with Crippen molar-refractivity contribution in [3.63, 3.8) is 0 Å². The summed E-state index contributed by atoms with van der Waals surface area (Å²) in [5.74, 6) is 0.195. The van der Waals surface area contributed by atoms with Gasteiger partial charge in [-0.15, -0.1) is 0 Å². The van der Waals surface area contributed by atoms with E-state index in [0.29, 0.717) is 37.9 Å². The molecule has 9 nitrogen and oxygen atoms in total. The standard InChI is InChI=1S/C34H45ClN4O5S/c1-21(2)16-28-29(40)19-25(14-15-39(28)33(41)44-34(5,6)7)17-24-12-9-13-26(18-24)45(42,43)38-32-36-27(20-30(35)37-32)31-22(3)10-8-11-23(31)4/h8-13,18,20-21,25,28-29,40H,14-17,19H2,1-7H3,(H,36,37,38)/t25?,28-,29+/m1/s1. The number of ether oxygens (including phenoxy) is 1. The Labute approximate surface area is 272 Å². The van der Waals surface area contributed by atoms with Gasteiger partial charge in [-0.25, -0.2) is 27.9 Å². The van der Waals surface area contributed by atoms with E-state index in [9.17, 15) is 18.3 Å². The highest BCUT2D eigenvalue weighted by Crippen LogP contribution is 2.31. The minimum atomic E-state index is -4.04. The molecule has 1 amide bonds. The number of carbonyl (C=O) groups is 1. The van der Waals surface area contributed by atoms with Crippen LogP contribution in [0.4, 0.5) is 10.7 Å². The summed E-state index contributed by atoms with van der Waals surface area (Å²) in [4.78, 5) is 23.5. The second-order valence-electron chi connectivity index (χ2n) is 13.5. The van der Waals surface area contributed by atoms with Crippen LogP contribution in [0, 0.1) is 25.7 Å². The fourth-order valence-electron chi connectivity index (χ4n) is 5.97. The highest BCUT2D eigenvalue weighted by atomic mass is 35.5. The van der Waals surface area contributed by atoms with Crippen LogP contribution in [0.2, 0.25) is 5.15 Å². The first-order chi connectivity index (χ1) is 21.0. The van der Waals surface area contributed by atoms with Crippen molar-refractivity contribution in [2.24, 2.45) is 11.8 Å². The van der Waals surface area contributed by atoms with Gasteiger partial charge in [0.05, 0.1) is 22.7 Å². The molecule has 1 aliphatic rings. The molecule has 2 N–H and O–H groups in total. The summed E-state index contributed by atoms with van der Waals surface area (Å²) in [6.45, 7) is 14.0. The van der Waals surface area contributed by atoms with Crippen molar-refractivity contribution in [3.05, 3.63) is 70.4 Å². The second-order valence-corrected chi connectivity index (χ2v) is 15.5. The van der Waals surface area contributed by atoms with Crippen molar-refractivity contribution in [2.45, 2.75) is 96.8 Å². The van der Waals surface area contributed by atoms with E-state index in [1.807, 2.05) is 58.9 Å². The van der Waals surface area contributed by atoms with Gasteiger partial charge in [-0.2, -0.15) is 0 Å². The van der Waals surface area contributed by atoms with Crippen LogP contribution in [0.1, 0.15) is 70.6 Å². The molecule has 4 rings (SSSR count). The molecule has 244 valence electrons. The number of hydrogen-bond acceptors (Lipinski definition) is 7. The summed E-state index contributed by atoms with van der Waals surface area (Å²) in [5.41, 5.74) is 3.53. The Balaban J connectivity index is 1.53. The van der Waals surface area contributed by atoms with E-state index < -0.39 is 27.8 Å². The Morgan fingerprint density at radius 2 is 1.78 bits per heavy atom. The Kier molecular flexibility index (Phi) is 10.8. The molecule has 1 aromatic heterocycles. The lowest BCUT2D eigenvalue weighted by molar-refractivity contribution is -0.00635. The molecule has 0 aliphatic carbocycles. The monoisotopic (exact) mass is 656 g/mol. The number of rotatable bonds is 8. The van der Waals surface area contributed by atoms with Crippen molar-refractivity contribution < 1.29 is 23.1 Å². The summed E-state index contributed by atoms with van der Waals surface area (Å²) in [7, 11) is -4.04. The maximum absolute atomic E-state index is 13.5. The van der Waals surface area contributed by atoms with Crippen molar-refractivity contribution in [3.8, 4) is 11.3 Å². The van der Waals surface area contributed by atoms with E-state index in [4.69, 9.17) is 16.3 Å². The lowest BCUT2D eigenvalue weighted by Crippen LogP contribution is -2.48. The average Bonchev–Trinajstić information content (AvgIpc) is 3.05. The number of aliphatic hydroxyl groups is 1. The molecule has 3 atom stereocenters. The number of nitrogens with zero attached hydrogens (tertiary/aromatic N) is 3. The first kappa shape index (κ1) is 34.7. The van der Waals surface area contributed by atoms with E-state index in [1.165, 1.54) is 6.07 Å². The van der Waals surface area contributed by atoms with E-state index in [1.54, 1.807) is 23.1 Å². The van der Waals surface area contributed by atoms with Crippen LogP contribution in [-0.4, -0.2) is 58.8 Å². The maximum Gasteiger partial charge on any atom is 0.410 e. The zero-order chi connectivity index (χ0) is 33.1. The Bertz CT molecular complexity index is 1600. The largest absolute Gasteiger partial charge is 0.444 e. The molecule has 1 aliphatic heterocycles. The van der Waals surface area contributed by atoms with E-state index in [-0.39, 0.29) is 33.9 Å². The summed E-state index contributed by atoms with van der Waals surface area (Å²) < 4.78 is 35.2. The third kappa shape index (κ3) is 9.17. The average molecular weight is 657 g/mol. The molecular weight excluding hydrogens is 612 g/mol. The molecule has 1 unspecified atom stereocenters. The lowest BCUT2D eigenvalue weighted by atomic mass is 9.89. The van der Waals surface area contributed by atoms with E-state index in [0.717, 1.165) is 22.3 Å². The SMILES string of the molecule is Cc1cccc(C)c1-c1cc(Cl)nc(NS(=O)(=O)c2cccc(CC3CCN(C(=O)OC(C)(C)C)[C@H](CC(C)C)[C@@H](O)C3)c2)n1. The molecule has 0 bridgehead atoms. The number of carbonyl (C=O) groups excluding carboxylic acids is 1. The van der Waals surface area contributed by atoms with Gasteiger partial charge in [0.1, 0.15) is 10.8 Å².